The monoisotopic (exact) mass is 582 g/mol. The van der Waals surface area contributed by atoms with Gasteiger partial charge in [0.25, 0.3) is 10.0 Å². The Hall–Kier alpha value is -3.24. The molecule has 11 heteroatoms. The molecular formula is C28H30ClF3N2O4S. The van der Waals surface area contributed by atoms with Crippen LogP contribution in [0, 0.1) is 6.92 Å². The van der Waals surface area contributed by atoms with E-state index < -0.39 is 45.9 Å². The highest BCUT2D eigenvalue weighted by molar-refractivity contribution is 7.92. The van der Waals surface area contributed by atoms with E-state index in [1.165, 1.54) is 24.3 Å². The van der Waals surface area contributed by atoms with E-state index in [1.807, 2.05) is 32.9 Å². The highest BCUT2D eigenvalue weighted by Gasteiger charge is 2.34. The zero-order chi connectivity index (χ0) is 29.1. The number of alkyl halides is 3. The van der Waals surface area contributed by atoms with Gasteiger partial charge >= 0.3 is 6.18 Å². The molecule has 3 rings (SSSR count). The van der Waals surface area contributed by atoms with Gasteiger partial charge in [-0.2, -0.15) is 13.2 Å². The van der Waals surface area contributed by atoms with Gasteiger partial charge in [0.1, 0.15) is 12.3 Å². The molecule has 0 bridgehead atoms. The maximum Gasteiger partial charge on any atom is 0.416 e. The number of sulfonamides is 1. The molecule has 0 saturated carbocycles. The van der Waals surface area contributed by atoms with Crippen molar-refractivity contribution in [1.82, 2.24) is 5.32 Å². The predicted molar refractivity (Wildman–Crippen MR) is 146 cm³/mol. The average molecular weight is 583 g/mol. The molecule has 0 aromatic heterocycles. The number of hydrogen-bond acceptors (Lipinski definition) is 4. The fourth-order valence-electron chi connectivity index (χ4n) is 4.21. The first kappa shape index (κ1) is 30.3. The zero-order valence-electron chi connectivity index (χ0n) is 22.1. The molecule has 3 aromatic rings. The van der Waals surface area contributed by atoms with Gasteiger partial charge in [0.15, 0.2) is 0 Å². The maximum absolute atomic E-state index is 13.6. The van der Waals surface area contributed by atoms with Crippen LogP contribution in [0.25, 0.3) is 0 Å². The number of nitrogens with one attached hydrogen (secondary N) is 1. The number of anilines is 1. The Bertz CT molecular complexity index is 1450. The van der Waals surface area contributed by atoms with Crippen LogP contribution in [-0.4, -0.2) is 28.0 Å². The number of nitrogens with zero attached hydrogens (tertiary/aromatic N) is 1. The van der Waals surface area contributed by atoms with Crippen molar-refractivity contribution in [1.29, 1.82) is 0 Å². The Kier molecular flexibility index (Phi) is 9.23. The van der Waals surface area contributed by atoms with E-state index in [1.54, 1.807) is 20.1 Å². The number of amides is 1. The van der Waals surface area contributed by atoms with Gasteiger partial charge in [-0.25, -0.2) is 8.42 Å². The molecule has 0 heterocycles. The van der Waals surface area contributed by atoms with Crippen LogP contribution < -0.4 is 14.4 Å². The van der Waals surface area contributed by atoms with Gasteiger partial charge in [-0.3, -0.25) is 9.10 Å². The minimum absolute atomic E-state index is 0.136. The van der Waals surface area contributed by atoms with Gasteiger partial charge in [-0.15, -0.1) is 0 Å². The topological polar surface area (TPSA) is 75.7 Å². The number of benzene rings is 3. The summed E-state index contributed by atoms with van der Waals surface area (Å²) in [5.74, 6) is 0.123. The van der Waals surface area contributed by atoms with Crippen molar-refractivity contribution in [2.75, 3.05) is 18.0 Å². The normalized spacial score (nSPS) is 12.8. The molecule has 210 valence electrons. The number of carbonyl (C=O) groups is 1. The molecule has 1 atom stereocenters. The van der Waals surface area contributed by atoms with E-state index >= 15 is 0 Å². The number of carbonyl (C=O) groups excluding carboxylic acids is 1. The molecule has 0 aliphatic heterocycles. The lowest BCUT2D eigenvalue weighted by molar-refractivity contribution is -0.137. The minimum Gasteiger partial charge on any atom is -0.496 e. The van der Waals surface area contributed by atoms with Crippen molar-refractivity contribution < 1.29 is 31.1 Å². The molecule has 0 fully saturated rings. The summed E-state index contributed by atoms with van der Waals surface area (Å²) >= 11 is 6.20. The lowest BCUT2D eigenvalue weighted by atomic mass is 9.93. The second-order valence-corrected chi connectivity index (χ2v) is 11.7. The predicted octanol–water partition coefficient (Wildman–Crippen LogP) is 6.87. The fraction of sp³-hybridized carbons (Fsp3) is 0.321. The minimum atomic E-state index is -4.75. The largest absolute Gasteiger partial charge is 0.496 e. The van der Waals surface area contributed by atoms with E-state index in [9.17, 15) is 26.4 Å². The highest BCUT2D eigenvalue weighted by atomic mass is 35.5. The lowest BCUT2D eigenvalue weighted by Crippen LogP contribution is -2.42. The van der Waals surface area contributed by atoms with E-state index in [0.29, 0.717) is 16.1 Å². The van der Waals surface area contributed by atoms with Gasteiger partial charge in [-0.1, -0.05) is 43.6 Å². The molecule has 6 nitrogen and oxygen atoms in total. The van der Waals surface area contributed by atoms with Gasteiger partial charge in [-0.05, 0) is 78.9 Å². The summed E-state index contributed by atoms with van der Waals surface area (Å²) < 4.78 is 73.7. The first-order valence-electron chi connectivity index (χ1n) is 12.1. The van der Waals surface area contributed by atoms with Gasteiger partial charge in [0, 0.05) is 0 Å². The molecule has 0 unspecified atom stereocenters. The molecule has 1 amide bonds. The van der Waals surface area contributed by atoms with Crippen LogP contribution in [0.1, 0.15) is 55.0 Å². The van der Waals surface area contributed by atoms with Crippen LogP contribution in [0.4, 0.5) is 18.9 Å². The molecule has 39 heavy (non-hydrogen) atoms. The molecule has 0 aliphatic rings. The smallest absolute Gasteiger partial charge is 0.416 e. The van der Waals surface area contributed by atoms with Crippen LogP contribution in [0.3, 0.4) is 0 Å². The molecule has 0 aliphatic carbocycles. The zero-order valence-corrected chi connectivity index (χ0v) is 23.7. The Morgan fingerprint density at radius 2 is 1.67 bits per heavy atom. The second-order valence-electron chi connectivity index (χ2n) is 9.38. The second kappa shape index (κ2) is 11.9. The summed E-state index contributed by atoms with van der Waals surface area (Å²) in [6.45, 7) is 6.81. The molecule has 0 saturated heterocycles. The third kappa shape index (κ3) is 6.86. The number of halogens is 4. The van der Waals surface area contributed by atoms with Gasteiger partial charge < -0.3 is 10.1 Å². The van der Waals surface area contributed by atoms with E-state index in [-0.39, 0.29) is 15.8 Å². The first-order valence-corrected chi connectivity index (χ1v) is 13.9. The van der Waals surface area contributed by atoms with Crippen molar-refractivity contribution in [3.05, 3.63) is 87.9 Å². The number of rotatable bonds is 9. The van der Waals surface area contributed by atoms with Gasteiger partial charge in [0.05, 0.1) is 34.3 Å². The van der Waals surface area contributed by atoms with Crippen molar-refractivity contribution in [3.63, 3.8) is 0 Å². The van der Waals surface area contributed by atoms with Gasteiger partial charge in [0.2, 0.25) is 5.91 Å². The summed E-state index contributed by atoms with van der Waals surface area (Å²) in [7, 11) is -2.89. The molecule has 0 radical (unpaired) electrons. The van der Waals surface area contributed by atoms with E-state index in [0.717, 1.165) is 28.8 Å². The van der Waals surface area contributed by atoms with Crippen molar-refractivity contribution in [2.45, 2.75) is 50.7 Å². The maximum atomic E-state index is 13.6. The summed E-state index contributed by atoms with van der Waals surface area (Å²) in [6.07, 6.45) is -4.75. The Labute approximate surface area is 231 Å². The standard InChI is InChI=1S/C28H30ClF3N2O4S/c1-17(2)22-15-23(18(3)13-26(22)38-5)19(4)33-27(35)16-34(39(36,37)21-9-7-6-8-10-21)25-14-20(28(30,31)32)11-12-24(25)29/h6-15,17,19H,16H2,1-5H3,(H,33,35)/t19-/m1/s1. The van der Waals surface area contributed by atoms with Crippen molar-refractivity contribution >= 4 is 33.2 Å². The van der Waals surface area contributed by atoms with Crippen molar-refractivity contribution in [2.24, 2.45) is 0 Å². The molecule has 0 spiro atoms. The number of aryl methyl sites for hydroxylation is 1. The number of hydrogen-bond donors (Lipinski definition) is 1. The third-order valence-corrected chi connectivity index (χ3v) is 8.34. The summed E-state index contributed by atoms with van der Waals surface area (Å²) in [5, 5.41) is 2.52. The number of ether oxygens (including phenoxy) is 1. The highest BCUT2D eigenvalue weighted by Crippen LogP contribution is 2.37. The van der Waals surface area contributed by atoms with Crippen LogP contribution in [-0.2, 0) is 21.0 Å². The molecule has 1 N–H and O–H groups in total. The average Bonchev–Trinajstić information content (AvgIpc) is 2.87. The summed E-state index contributed by atoms with van der Waals surface area (Å²) in [4.78, 5) is 13.0. The van der Waals surface area contributed by atoms with Crippen molar-refractivity contribution in [3.8, 4) is 5.75 Å². The van der Waals surface area contributed by atoms with E-state index in [4.69, 9.17) is 16.3 Å². The molecular weight excluding hydrogens is 553 g/mol. The Balaban J connectivity index is 2.01. The van der Waals surface area contributed by atoms with Crippen LogP contribution in [0.2, 0.25) is 5.02 Å². The van der Waals surface area contributed by atoms with Crippen LogP contribution in [0.5, 0.6) is 5.75 Å². The quantitative estimate of drug-likeness (QED) is 0.299. The lowest BCUT2D eigenvalue weighted by Gasteiger charge is -2.27. The SMILES string of the molecule is COc1cc(C)c([C@@H](C)NC(=O)CN(c2cc(C(F)(F)F)ccc2Cl)S(=O)(=O)c2ccccc2)cc1C(C)C. The fourth-order valence-corrected chi connectivity index (χ4v) is 5.93. The Morgan fingerprint density at radius 3 is 2.23 bits per heavy atom. The third-order valence-electron chi connectivity index (χ3n) is 6.24. The Morgan fingerprint density at radius 1 is 1.03 bits per heavy atom. The first-order chi connectivity index (χ1) is 18.2. The molecule has 3 aromatic carbocycles. The van der Waals surface area contributed by atoms with Crippen LogP contribution >= 0.6 is 11.6 Å². The summed E-state index contributed by atoms with van der Waals surface area (Å²) in [5.41, 5.74) is 1.02. The van der Waals surface area contributed by atoms with E-state index in [2.05, 4.69) is 5.32 Å². The van der Waals surface area contributed by atoms with Crippen LogP contribution in [0.15, 0.2) is 65.6 Å². The summed E-state index contributed by atoms with van der Waals surface area (Å²) in [6, 6.07) is 12.7. The number of methoxy groups -OCH3 is 1.